The van der Waals surface area contributed by atoms with Crippen LogP contribution < -0.4 is 4.90 Å². The molecular formula is C25H33N7OS. The van der Waals surface area contributed by atoms with Crippen LogP contribution in [0.4, 0.5) is 5.82 Å². The van der Waals surface area contributed by atoms with Crippen molar-refractivity contribution in [1.82, 2.24) is 29.6 Å². The van der Waals surface area contributed by atoms with E-state index < -0.39 is 0 Å². The fraction of sp³-hybridized carbons (Fsp3) is 0.480. The number of carbonyl (C=O) groups is 1. The molecule has 2 aromatic heterocycles. The zero-order valence-electron chi connectivity index (χ0n) is 20.6. The Hall–Kier alpha value is -2.94. The van der Waals surface area contributed by atoms with Crippen LogP contribution in [0.5, 0.6) is 0 Å². The molecule has 4 rings (SSSR count). The fourth-order valence-corrected chi connectivity index (χ4v) is 4.75. The van der Waals surface area contributed by atoms with E-state index in [1.54, 1.807) is 6.33 Å². The van der Waals surface area contributed by atoms with Crippen molar-refractivity contribution in [1.29, 1.82) is 0 Å². The summed E-state index contributed by atoms with van der Waals surface area (Å²) in [5.74, 6) is 3.05. The number of aryl methyl sites for hydroxylation is 1. The summed E-state index contributed by atoms with van der Waals surface area (Å²) in [5, 5.41) is 9.02. The van der Waals surface area contributed by atoms with Crippen molar-refractivity contribution < 1.29 is 4.79 Å². The minimum absolute atomic E-state index is 0.121. The molecule has 0 aliphatic carbocycles. The molecule has 1 fully saturated rings. The maximum absolute atomic E-state index is 12.9. The molecule has 0 unspecified atom stereocenters. The molecule has 9 heteroatoms. The predicted molar refractivity (Wildman–Crippen MR) is 136 cm³/mol. The molecule has 3 aromatic rings. The summed E-state index contributed by atoms with van der Waals surface area (Å²) >= 11 is 1.43. The molecular weight excluding hydrogens is 446 g/mol. The number of hydrogen-bond donors (Lipinski definition) is 0. The van der Waals surface area contributed by atoms with Gasteiger partial charge in [-0.1, -0.05) is 51.6 Å². The molecule has 180 valence electrons. The number of nitrogens with zero attached hydrogens (tertiary/aromatic N) is 7. The zero-order valence-corrected chi connectivity index (χ0v) is 21.4. The van der Waals surface area contributed by atoms with Crippen LogP contribution in [-0.4, -0.2) is 67.5 Å². The van der Waals surface area contributed by atoms with E-state index in [2.05, 4.69) is 72.0 Å². The maximum Gasteiger partial charge on any atom is 0.233 e. The average molecular weight is 480 g/mol. The van der Waals surface area contributed by atoms with Crippen LogP contribution in [0.1, 0.15) is 56.6 Å². The van der Waals surface area contributed by atoms with Gasteiger partial charge in [0.15, 0.2) is 5.16 Å². The summed E-state index contributed by atoms with van der Waals surface area (Å²) in [6, 6.07) is 10.4. The molecule has 3 heterocycles. The Morgan fingerprint density at radius 3 is 2.35 bits per heavy atom. The third-order valence-corrected chi connectivity index (χ3v) is 6.94. The van der Waals surface area contributed by atoms with E-state index in [0.29, 0.717) is 24.8 Å². The van der Waals surface area contributed by atoms with Crippen LogP contribution in [0.25, 0.3) is 5.69 Å². The second kappa shape index (κ2) is 10.5. The Kier molecular flexibility index (Phi) is 7.50. The number of rotatable bonds is 7. The first kappa shape index (κ1) is 24.2. The average Bonchev–Trinajstić information content (AvgIpc) is 3.31. The monoisotopic (exact) mass is 479 g/mol. The van der Waals surface area contributed by atoms with Crippen LogP contribution in [0.3, 0.4) is 0 Å². The molecule has 1 aliphatic heterocycles. The molecule has 0 bridgehead atoms. The minimum Gasteiger partial charge on any atom is -0.353 e. The number of hydrogen-bond acceptors (Lipinski definition) is 7. The van der Waals surface area contributed by atoms with Gasteiger partial charge in [0.2, 0.25) is 5.91 Å². The van der Waals surface area contributed by atoms with E-state index >= 15 is 0 Å². The van der Waals surface area contributed by atoms with Gasteiger partial charge in [-0.3, -0.25) is 9.36 Å². The number of piperazine rings is 1. The lowest BCUT2D eigenvalue weighted by Gasteiger charge is -2.35. The first-order valence-corrected chi connectivity index (χ1v) is 12.8. The third kappa shape index (κ3) is 5.58. The largest absolute Gasteiger partial charge is 0.353 e. The fourth-order valence-electron chi connectivity index (χ4n) is 3.92. The highest BCUT2D eigenvalue weighted by atomic mass is 32.2. The summed E-state index contributed by atoms with van der Waals surface area (Å²) in [5.41, 5.74) is 3.27. The maximum atomic E-state index is 12.9. The Labute approximate surface area is 205 Å². The second-order valence-corrected chi connectivity index (χ2v) is 10.2. The number of anilines is 1. The summed E-state index contributed by atoms with van der Waals surface area (Å²) < 4.78 is 1.93. The summed E-state index contributed by atoms with van der Waals surface area (Å²) in [7, 11) is 0. The van der Waals surface area contributed by atoms with Crippen LogP contribution in [0.15, 0.2) is 41.8 Å². The lowest BCUT2D eigenvalue weighted by Crippen LogP contribution is -2.49. The molecule has 0 saturated carbocycles. The Morgan fingerprint density at radius 1 is 1.00 bits per heavy atom. The highest BCUT2D eigenvalue weighted by Gasteiger charge is 2.23. The topological polar surface area (TPSA) is 80.0 Å². The van der Waals surface area contributed by atoms with E-state index in [1.165, 1.54) is 17.3 Å². The zero-order chi connectivity index (χ0) is 24.2. The van der Waals surface area contributed by atoms with Crippen molar-refractivity contribution in [3.05, 3.63) is 53.7 Å². The number of amides is 1. The Bertz CT molecular complexity index is 1120. The van der Waals surface area contributed by atoms with Gasteiger partial charge in [-0.05, 0) is 30.5 Å². The molecule has 0 radical (unpaired) electrons. The van der Waals surface area contributed by atoms with Gasteiger partial charge in [-0.15, -0.1) is 10.2 Å². The smallest absolute Gasteiger partial charge is 0.233 e. The number of aromatic nitrogens is 5. The SMILES string of the molecule is Cc1cc(N2CCN(C(=O)CSc3nncn3-c3ccc(C(C)C)cc3)CC2)nc(C(C)C)n1. The summed E-state index contributed by atoms with van der Waals surface area (Å²) in [6.07, 6.45) is 1.70. The standard InChI is InChI=1S/C25H33N7OS/c1-17(2)20-6-8-21(9-7-20)32-16-26-29-25(32)34-15-23(33)31-12-10-30(11-13-31)22-14-19(5)27-24(28-22)18(3)4/h6-9,14,16-18H,10-13,15H2,1-5H3. The van der Waals surface area contributed by atoms with Crippen molar-refractivity contribution in [2.75, 3.05) is 36.8 Å². The van der Waals surface area contributed by atoms with Crippen molar-refractivity contribution in [3.63, 3.8) is 0 Å². The molecule has 0 N–H and O–H groups in total. The Balaban J connectivity index is 1.33. The number of benzene rings is 1. The van der Waals surface area contributed by atoms with E-state index in [9.17, 15) is 4.79 Å². The van der Waals surface area contributed by atoms with Gasteiger partial charge in [0, 0.05) is 49.5 Å². The van der Waals surface area contributed by atoms with Crippen molar-refractivity contribution in [2.45, 2.75) is 51.6 Å². The molecule has 1 saturated heterocycles. The van der Waals surface area contributed by atoms with Gasteiger partial charge in [-0.2, -0.15) is 0 Å². The van der Waals surface area contributed by atoms with Crippen molar-refractivity contribution in [2.24, 2.45) is 0 Å². The molecule has 1 aliphatic rings. The first-order chi connectivity index (χ1) is 16.3. The molecule has 8 nitrogen and oxygen atoms in total. The molecule has 1 aromatic carbocycles. The van der Waals surface area contributed by atoms with Crippen molar-refractivity contribution in [3.8, 4) is 5.69 Å². The quantitative estimate of drug-likeness (QED) is 0.473. The number of thioether (sulfide) groups is 1. The molecule has 0 atom stereocenters. The second-order valence-electron chi connectivity index (χ2n) is 9.27. The van der Waals surface area contributed by atoms with Gasteiger partial charge in [0.05, 0.1) is 5.75 Å². The summed E-state index contributed by atoms with van der Waals surface area (Å²) in [4.78, 5) is 26.4. The van der Waals surface area contributed by atoms with E-state index in [4.69, 9.17) is 4.98 Å². The molecule has 0 spiro atoms. The van der Waals surface area contributed by atoms with Crippen LogP contribution in [-0.2, 0) is 4.79 Å². The van der Waals surface area contributed by atoms with Crippen LogP contribution in [0.2, 0.25) is 0 Å². The predicted octanol–water partition coefficient (Wildman–Crippen LogP) is 4.05. The minimum atomic E-state index is 0.121. The van der Waals surface area contributed by atoms with Gasteiger partial charge in [-0.25, -0.2) is 9.97 Å². The lowest BCUT2D eigenvalue weighted by molar-refractivity contribution is -0.128. The third-order valence-electron chi connectivity index (χ3n) is 6.01. The van der Waals surface area contributed by atoms with E-state index in [0.717, 1.165) is 41.3 Å². The highest BCUT2D eigenvalue weighted by molar-refractivity contribution is 7.99. The lowest BCUT2D eigenvalue weighted by atomic mass is 10.0. The van der Waals surface area contributed by atoms with Gasteiger partial charge in [0.25, 0.3) is 0 Å². The van der Waals surface area contributed by atoms with E-state index in [1.807, 2.05) is 22.5 Å². The normalized spacial score (nSPS) is 14.3. The van der Waals surface area contributed by atoms with Crippen LogP contribution in [0, 0.1) is 6.92 Å². The number of carbonyl (C=O) groups excluding carboxylic acids is 1. The van der Waals surface area contributed by atoms with Crippen molar-refractivity contribution >= 4 is 23.5 Å². The first-order valence-electron chi connectivity index (χ1n) is 11.8. The van der Waals surface area contributed by atoms with Crippen LogP contribution >= 0.6 is 11.8 Å². The molecule has 1 amide bonds. The van der Waals surface area contributed by atoms with E-state index in [-0.39, 0.29) is 11.8 Å². The van der Waals surface area contributed by atoms with Gasteiger partial charge < -0.3 is 9.80 Å². The molecule has 34 heavy (non-hydrogen) atoms. The summed E-state index contributed by atoms with van der Waals surface area (Å²) in [6.45, 7) is 13.5. The highest BCUT2D eigenvalue weighted by Crippen LogP contribution is 2.23. The van der Waals surface area contributed by atoms with Gasteiger partial charge in [0.1, 0.15) is 18.0 Å². The Morgan fingerprint density at radius 2 is 1.71 bits per heavy atom. The van der Waals surface area contributed by atoms with Gasteiger partial charge >= 0.3 is 0 Å².